The highest BCUT2D eigenvalue weighted by Crippen LogP contribution is 2.33. The number of hydrogen-bond acceptors (Lipinski definition) is 1. The van der Waals surface area contributed by atoms with E-state index in [1.165, 1.54) is 16.5 Å². The van der Waals surface area contributed by atoms with Crippen molar-refractivity contribution in [2.45, 2.75) is 32.7 Å². The predicted molar refractivity (Wildman–Crippen MR) is 110 cm³/mol. The number of hydrogen-bond donors (Lipinski definition) is 0. The summed E-state index contributed by atoms with van der Waals surface area (Å²) in [6.07, 6.45) is 3.10. The molecule has 0 bridgehead atoms. The SMILES string of the molecule is CCCCN1CCc2c(n(Cc3ccccc3)c3ccc(Br)cc23)C1=O. The Morgan fingerprint density at radius 3 is 2.69 bits per heavy atom. The van der Waals surface area contributed by atoms with Crippen molar-refractivity contribution in [3.05, 3.63) is 69.8 Å². The summed E-state index contributed by atoms with van der Waals surface area (Å²) in [5.74, 6) is 0.183. The maximum atomic E-state index is 13.3. The van der Waals surface area contributed by atoms with Crippen LogP contribution in [0.2, 0.25) is 0 Å². The number of aromatic nitrogens is 1. The molecule has 0 saturated carbocycles. The standard InChI is InChI=1S/C22H23BrN2O/c1-2-3-12-24-13-11-18-19-14-17(23)9-10-20(19)25(21(18)22(24)26)15-16-7-5-4-6-8-16/h4-10,14H,2-3,11-13,15H2,1H3. The molecule has 4 rings (SSSR count). The fourth-order valence-electron chi connectivity index (χ4n) is 3.88. The minimum Gasteiger partial charge on any atom is -0.337 e. The van der Waals surface area contributed by atoms with Crippen molar-refractivity contribution in [2.75, 3.05) is 13.1 Å². The van der Waals surface area contributed by atoms with Crippen LogP contribution in [0.5, 0.6) is 0 Å². The lowest BCUT2D eigenvalue weighted by Gasteiger charge is -2.28. The monoisotopic (exact) mass is 410 g/mol. The van der Waals surface area contributed by atoms with Crippen molar-refractivity contribution in [3.63, 3.8) is 0 Å². The van der Waals surface area contributed by atoms with Crippen LogP contribution in [0.15, 0.2) is 53.0 Å². The molecule has 4 heteroatoms. The normalized spacial score (nSPS) is 14.1. The summed E-state index contributed by atoms with van der Waals surface area (Å²) in [6.45, 7) is 4.57. The van der Waals surface area contributed by atoms with Crippen LogP contribution in [0.25, 0.3) is 10.9 Å². The Kier molecular flexibility index (Phi) is 4.86. The van der Waals surface area contributed by atoms with E-state index in [4.69, 9.17) is 0 Å². The Hall–Kier alpha value is -2.07. The van der Waals surface area contributed by atoms with Gasteiger partial charge in [-0.1, -0.05) is 59.6 Å². The van der Waals surface area contributed by atoms with Crippen LogP contribution >= 0.6 is 15.9 Å². The molecule has 1 aromatic heterocycles. The van der Waals surface area contributed by atoms with Gasteiger partial charge in [-0.25, -0.2) is 0 Å². The summed E-state index contributed by atoms with van der Waals surface area (Å²) >= 11 is 3.59. The molecule has 26 heavy (non-hydrogen) atoms. The average Bonchev–Trinajstić information content (AvgIpc) is 2.96. The largest absolute Gasteiger partial charge is 0.337 e. The van der Waals surface area contributed by atoms with Gasteiger partial charge in [-0.15, -0.1) is 0 Å². The van der Waals surface area contributed by atoms with Crippen molar-refractivity contribution in [3.8, 4) is 0 Å². The van der Waals surface area contributed by atoms with Gasteiger partial charge in [0.05, 0.1) is 0 Å². The van der Waals surface area contributed by atoms with Gasteiger partial charge in [0, 0.05) is 35.0 Å². The summed E-state index contributed by atoms with van der Waals surface area (Å²) in [5.41, 5.74) is 4.45. The molecule has 2 heterocycles. The fraction of sp³-hybridized carbons (Fsp3) is 0.318. The smallest absolute Gasteiger partial charge is 0.270 e. The van der Waals surface area contributed by atoms with Gasteiger partial charge in [-0.3, -0.25) is 4.79 Å². The first-order valence-electron chi connectivity index (χ1n) is 9.33. The Balaban J connectivity index is 1.84. The third-order valence-corrected chi connectivity index (χ3v) is 5.71. The van der Waals surface area contributed by atoms with Gasteiger partial charge in [-0.05, 0) is 42.2 Å². The molecule has 2 aromatic carbocycles. The van der Waals surface area contributed by atoms with Crippen molar-refractivity contribution in [1.29, 1.82) is 0 Å². The molecule has 0 aliphatic carbocycles. The van der Waals surface area contributed by atoms with Crippen molar-refractivity contribution < 1.29 is 4.79 Å². The average molecular weight is 411 g/mol. The molecule has 1 aliphatic heterocycles. The van der Waals surface area contributed by atoms with Crippen LogP contribution in [-0.4, -0.2) is 28.5 Å². The van der Waals surface area contributed by atoms with E-state index < -0.39 is 0 Å². The zero-order chi connectivity index (χ0) is 18.1. The highest BCUT2D eigenvalue weighted by Gasteiger charge is 2.30. The van der Waals surface area contributed by atoms with E-state index in [0.717, 1.165) is 54.6 Å². The maximum Gasteiger partial charge on any atom is 0.270 e. The third kappa shape index (κ3) is 3.07. The number of halogens is 1. The molecule has 0 unspecified atom stereocenters. The first-order chi connectivity index (χ1) is 12.7. The summed E-state index contributed by atoms with van der Waals surface area (Å²) in [6, 6.07) is 16.7. The summed E-state index contributed by atoms with van der Waals surface area (Å²) in [4.78, 5) is 15.3. The number of carbonyl (C=O) groups is 1. The lowest BCUT2D eigenvalue weighted by atomic mass is 10.0. The summed E-state index contributed by atoms with van der Waals surface area (Å²) in [7, 11) is 0. The number of amides is 1. The Morgan fingerprint density at radius 2 is 1.92 bits per heavy atom. The van der Waals surface area contributed by atoms with E-state index in [1.807, 2.05) is 11.0 Å². The van der Waals surface area contributed by atoms with Gasteiger partial charge in [0.1, 0.15) is 5.69 Å². The van der Waals surface area contributed by atoms with Gasteiger partial charge in [0.25, 0.3) is 5.91 Å². The lowest BCUT2D eigenvalue weighted by molar-refractivity contribution is 0.0727. The molecular weight excluding hydrogens is 388 g/mol. The molecule has 1 amide bonds. The molecule has 3 nitrogen and oxygen atoms in total. The van der Waals surface area contributed by atoms with E-state index in [0.29, 0.717) is 0 Å². The molecule has 0 radical (unpaired) electrons. The molecule has 0 fully saturated rings. The second-order valence-electron chi connectivity index (χ2n) is 6.96. The number of carbonyl (C=O) groups excluding carboxylic acids is 1. The highest BCUT2D eigenvalue weighted by molar-refractivity contribution is 9.10. The molecular formula is C22H23BrN2O. The van der Waals surface area contributed by atoms with Gasteiger partial charge in [-0.2, -0.15) is 0 Å². The molecule has 0 atom stereocenters. The number of benzene rings is 2. The highest BCUT2D eigenvalue weighted by atomic mass is 79.9. The quantitative estimate of drug-likeness (QED) is 0.563. The van der Waals surface area contributed by atoms with Crippen molar-refractivity contribution in [2.24, 2.45) is 0 Å². The fourth-order valence-corrected chi connectivity index (χ4v) is 4.25. The Morgan fingerprint density at radius 1 is 1.12 bits per heavy atom. The number of fused-ring (bicyclic) bond motifs is 3. The minimum absolute atomic E-state index is 0.183. The first kappa shape index (κ1) is 17.3. The van der Waals surface area contributed by atoms with E-state index in [1.54, 1.807) is 0 Å². The Bertz CT molecular complexity index is 946. The number of nitrogens with zero attached hydrogens (tertiary/aromatic N) is 2. The van der Waals surface area contributed by atoms with E-state index in [-0.39, 0.29) is 5.91 Å². The second kappa shape index (κ2) is 7.28. The molecule has 0 saturated heterocycles. The second-order valence-corrected chi connectivity index (χ2v) is 7.87. The zero-order valence-electron chi connectivity index (χ0n) is 15.0. The number of rotatable bonds is 5. The minimum atomic E-state index is 0.183. The van der Waals surface area contributed by atoms with Crippen LogP contribution in [0.1, 0.15) is 41.4 Å². The molecule has 1 aliphatic rings. The van der Waals surface area contributed by atoms with Crippen molar-refractivity contribution in [1.82, 2.24) is 9.47 Å². The van der Waals surface area contributed by atoms with Gasteiger partial charge in [0.15, 0.2) is 0 Å². The number of unbranched alkanes of at least 4 members (excludes halogenated alkanes) is 1. The lowest BCUT2D eigenvalue weighted by Crippen LogP contribution is -2.39. The van der Waals surface area contributed by atoms with Crippen LogP contribution in [0.4, 0.5) is 0 Å². The van der Waals surface area contributed by atoms with E-state index in [9.17, 15) is 4.79 Å². The first-order valence-corrected chi connectivity index (χ1v) is 10.1. The van der Waals surface area contributed by atoms with Gasteiger partial charge < -0.3 is 9.47 Å². The third-order valence-electron chi connectivity index (χ3n) is 5.22. The van der Waals surface area contributed by atoms with Crippen LogP contribution in [0, 0.1) is 0 Å². The summed E-state index contributed by atoms with van der Waals surface area (Å²) < 4.78 is 3.28. The van der Waals surface area contributed by atoms with E-state index >= 15 is 0 Å². The molecule has 0 N–H and O–H groups in total. The van der Waals surface area contributed by atoms with Crippen LogP contribution < -0.4 is 0 Å². The Labute approximate surface area is 162 Å². The molecule has 3 aromatic rings. The molecule has 0 spiro atoms. The molecule has 134 valence electrons. The predicted octanol–water partition coefficient (Wildman–Crippen LogP) is 5.25. The van der Waals surface area contributed by atoms with Crippen LogP contribution in [-0.2, 0) is 13.0 Å². The van der Waals surface area contributed by atoms with Gasteiger partial charge in [0.2, 0.25) is 0 Å². The van der Waals surface area contributed by atoms with Crippen LogP contribution in [0.3, 0.4) is 0 Å². The maximum absolute atomic E-state index is 13.3. The summed E-state index contributed by atoms with van der Waals surface area (Å²) in [5, 5.41) is 1.20. The van der Waals surface area contributed by atoms with Crippen molar-refractivity contribution >= 4 is 32.7 Å². The zero-order valence-corrected chi connectivity index (χ0v) is 16.6. The topological polar surface area (TPSA) is 25.2 Å². The van der Waals surface area contributed by atoms with E-state index in [2.05, 4.69) is 69.9 Å². The van der Waals surface area contributed by atoms with Gasteiger partial charge >= 0.3 is 0 Å².